The average molecular weight is 293 g/mol. The van der Waals surface area contributed by atoms with E-state index in [9.17, 15) is 5.11 Å². The van der Waals surface area contributed by atoms with Crippen molar-refractivity contribution in [1.82, 2.24) is 14.5 Å². The molecular formula is C18H19N3O. The van der Waals surface area contributed by atoms with Crippen molar-refractivity contribution in [3.05, 3.63) is 60.6 Å². The molecule has 112 valence electrons. The highest BCUT2D eigenvalue weighted by molar-refractivity contribution is 5.85. The first-order valence-corrected chi connectivity index (χ1v) is 7.56. The predicted octanol–water partition coefficient (Wildman–Crippen LogP) is 2.59. The van der Waals surface area contributed by atoms with E-state index in [2.05, 4.69) is 44.9 Å². The van der Waals surface area contributed by atoms with Crippen LogP contribution in [0, 0.1) is 0 Å². The number of fused-ring (bicyclic) bond motifs is 1. The summed E-state index contributed by atoms with van der Waals surface area (Å²) < 4.78 is 2.19. The predicted molar refractivity (Wildman–Crippen MR) is 87.0 cm³/mol. The molecule has 0 aliphatic carbocycles. The van der Waals surface area contributed by atoms with Gasteiger partial charge >= 0.3 is 0 Å². The van der Waals surface area contributed by atoms with Gasteiger partial charge in [0.2, 0.25) is 0 Å². The lowest BCUT2D eigenvalue weighted by Gasteiger charge is -2.44. The number of β-amino-alcohol motifs (C(OH)–C–C–N with tert-alkyl or cyclic N) is 1. The lowest BCUT2D eigenvalue weighted by atomic mass is 9.96. The minimum absolute atomic E-state index is 0.517. The SMILES string of the molecule is CC1(O)CN(Cc2cccc3c2ccn3-c2ccncc2)C1. The van der Waals surface area contributed by atoms with Gasteiger partial charge in [0.05, 0.1) is 11.1 Å². The highest BCUT2D eigenvalue weighted by atomic mass is 16.3. The monoisotopic (exact) mass is 293 g/mol. The van der Waals surface area contributed by atoms with Crippen molar-refractivity contribution in [3.63, 3.8) is 0 Å². The van der Waals surface area contributed by atoms with Crippen LogP contribution >= 0.6 is 0 Å². The van der Waals surface area contributed by atoms with Crippen LogP contribution in [0.4, 0.5) is 0 Å². The van der Waals surface area contributed by atoms with Crippen molar-refractivity contribution < 1.29 is 5.11 Å². The van der Waals surface area contributed by atoms with Gasteiger partial charge < -0.3 is 9.67 Å². The summed E-state index contributed by atoms with van der Waals surface area (Å²) in [6.07, 6.45) is 5.73. The first kappa shape index (κ1) is 13.5. The molecule has 0 saturated carbocycles. The van der Waals surface area contributed by atoms with Crippen molar-refractivity contribution in [2.75, 3.05) is 13.1 Å². The molecule has 4 rings (SSSR count). The molecule has 0 radical (unpaired) electrons. The molecule has 2 aromatic heterocycles. The molecule has 0 amide bonds. The van der Waals surface area contributed by atoms with E-state index >= 15 is 0 Å². The molecule has 1 aromatic carbocycles. The quantitative estimate of drug-likeness (QED) is 0.807. The van der Waals surface area contributed by atoms with Gasteiger partial charge in [-0.15, -0.1) is 0 Å². The van der Waals surface area contributed by atoms with Gasteiger partial charge in [-0.2, -0.15) is 0 Å². The molecule has 3 aromatic rings. The number of pyridine rings is 1. The molecule has 1 aliphatic rings. The third-order valence-electron chi connectivity index (χ3n) is 4.29. The summed E-state index contributed by atoms with van der Waals surface area (Å²) >= 11 is 0. The zero-order valence-corrected chi connectivity index (χ0v) is 12.6. The number of aliphatic hydroxyl groups is 1. The Labute approximate surface area is 129 Å². The highest BCUT2D eigenvalue weighted by Gasteiger charge is 2.36. The van der Waals surface area contributed by atoms with E-state index in [4.69, 9.17) is 0 Å². The summed E-state index contributed by atoms with van der Waals surface area (Å²) in [5.41, 5.74) is 3.11. The molecule has 1 aliphatic heterocycles. The summed E-state index contributed by atoms with van der Waals surface area (Å²) in [5, 5.41) is 11.1. The fourth-order valence-corrected chi connectivity index (χ4v) is 3.37. The van der Waals surface area contributed by atoms with Crippen LogP contribution in [0.2, 0.25) is 0 Å². The second-order valence-corrected chi connectivity index (χ2v) is 6.38. The first-order chi connectivity index (χ1) is 10.6. The Morgan fingerprint density at radius 3 is 2.64 bits per heavy atom. The van der Waals surface area contributed by atoms with E-state index in [1.807, 2.05) is 31.5 Å². The van der Waals surface area contributed by atoms with Crippen molar-refractivity contribution >= 4 is 10.9 Å². The van der Waals surface area contributed by atoms with Crippen LogP contribution in [-0.4, -0.2) is 38.2 Å². The summed E-state index contributed by atoms with van der Waals surface area (Å²) in [5.74, 6) is 0. The molecule has 0 unspecified atom stereocenters. The maximum atomic E-state index is 9.88. The number of benzene rings is 1. The number of hydrogen-bond acceptors (Lipinski definition) is 3. The summed E-state index contributed by atoms with van der Waals surface area (Å²) in [7, 11) is 0. The van der Waals surface area contributed by atoms with Gasteiger partial charge in [0.25, 0.3) is 0 Å². The molecule has 0 bridgehead atoms. The molecule has 1 saturated heterocycles. The second-order valence-electron chi connectivity index (χ2n) is 6.38. The number of likely N-dealkylation sites (tertiary alicyclic amines) is 1. The van der Waals surface area contributed by atoms with Gasteiger partial charge in [0.1, 0.15) is 0 Å². The Morgan fingerprint density at radius 1 is 1.14 bits per heavy atom. The number of rotatable bonds is 3. The molecule has 22 heavy (non-hydrogen) atoms. The maximum absolute atomic E-state index is 9.88. The molecule has 4 heteroatoms. The standard InChI is InChI=1S/C18H19N3O/c1-18(22)12-20(13-18)11-14-3-2-4-17-16(14)7-10-21(17)15-5-8-19-9-6-15/h2-10,22H,11-13H2,1H3. The van der Waals surface area contributed by atoms with E-state index < -0.39 is 5.60 Å². The van der Waals surface area contributed by atoms with Crippen LogP contribution in [0.25, 0.3) is 16.6 Å². The van der Waals surface area contributed by atoms with E-state index in [1.165, 1.54) is 16.5 Å². The normalized spacial score (nSPS) is 17.5. The Hall–Kier alpha value is -2.17. The summed E-state index contributed by atoms with van der Waals surface area (Å²) in [6, 6.07) is 12.6. The highest BCUT2D eigenvalue weighted by Crippen LogP contribution is 2.27. The van der Waals surface area contributed by atoms with Crippen molar-refractivity contribution in [2.45, 2.75) is 19.1 Å². The number of nitrogens with zero attached hydrogens (tertiary/aromatic N) is 3. The molecular weight excluding hydrogens is 274 g/mol. The van der Waals surface area contributed by atoms with Gasteiger partial charge in [-0.25, -0.2) is 0 Å². The van der Waals surface area contributed by atoms with Gasteiger partial charge in [-0.3, -0.25) is 9.88 Å². The molecule has 0 atom stereocenters. The van der Waals surface area contributed by atoms with E-state index in [-0.39, 0.29) is 0 Å². The van der Waals surface area contributed by atoms with Crippen LogP contribution in [0.15, 0.2) is 55.0 Å². The summed E-state index contributed by atoms with van der Waals surface area (Å²) in [6.45, 7) is 4.26. The summed E-state index contributed by atoms with van der Waals surface area (Å²) in [4.78, 5) is 6.36. The Bertz CT molecular complexity index is 800. The zero-order chi connectivity index (χ0) is 15.2. The minimum atomic E-state index is -0.517. The smallest absolute Gasteiger partial charge is 0.0872 e. The Kier molecular flexibility index (Phi) is 3.03. The lowest BCUT2D eigenvalue weighted by molar-refractivity contribution is -0.0869. The Morgan fingerprint density at radius 2 is 1.91 bits per heavy atom. The maximum Gasteiger partial charge on any atom is 0.0872 e. The zero-order valence-electron chi connectivity index (χ0n) is 12.6. The third-order valence-corrected chi connectivity index (χ3v) is 4.29. The average Bonchev–Trinajstić information content (AvgIpc) is 2.91. The van der Waals surface area contributed by atoms with Crippen LogP contribution in [-0.2, 0) is 6.54 Å². The molecule has 0 spiro atoms. The van der Waals surface area contributed by atoms with Gasteiger partial charge in [0.15, 0.2) is 0 Å². The van der Waals surface area contributed by atoms with Crippen LogP contribution < -0.4 is 0 Å². The van der Waals surface area contributed by atoms with Crippen molar-refractivity contribution in [1.29, 1.82) is 0 Å². The molecule has 4 nitrogen and oxygen atoms in total. The Balaban J connectivity index is 1.69. The van der Waals surface area contributed by atoms with Crippen molar-refractivity contribution in [3.8, 4) is 5.69 Å². The fraction of sp³-hybridized carbons (Fsp3) is 0.278. The van der Waals surface area contributed by atoms with Crippen molar-refractivity contribution in [2.24, 2.45) is 0 Å². The van der Waals surface area contributed by atoms with Gasteiger partial charge in [0, 0.05) is 49.3 Å². The number of hydrogen-bond donors (Lipinski definition) is 1. The molecule has 1 N–H and O–H groups in total. The minimum Gasteiger partial charge on any atom is -0.388 e. The van der Waals surface area contributed by atoms with Crippen LogP contribution in [0.5, 0.6) is 0 Å². The second kappa shape index (κ2) is 4.93. The van der Waals surface area contributed by atoms with Gasteiger partial charge in [-0.1, -0.05) is 12.1 Å². The van der Waals surface area contributed by atoms with Crippen LogP contribution in [0.3, 0.4) is 0 Å². The van der Waals surface area contributed by atoms with Gasteiger partial charge in [-0.05, 0) is 36.8 Å². The lowest BCUT2D eigenvalue weighted by Crippen LogP contribution is -2.59. The molecule has 3 heterocycles. The first-order valence-electron chi connectivity index (χ1n) is 7.56. The number of aromatic nitrogens is 2. The topological polar surface area (TPSA) is 41.3 Å². The molecule has 1 fully saturated rings. The largest absolute Gasteiger partial charge is 0.388 e. The third kappa shape index (κ3) is 2.30. The van der Waals surface area contributed by atoms with Crippen LogP contribution in [0.1, 0.15) is 12.5 Å². The fourth-order valence-electron chi connectivity index (χ4n) is 3.37. The van der Waals surface area contributed by atoms with E-state index in [1.54, 1.807) is 0 Å². The van der Waals surface area contributed by atoms with E-state index in [0.29, 0.717) is 0 Å². The van der Waals surface area contributed by atoms with E-state index in [0.717, 1.165) is 25.3 Å².